The highest BCUT2D eigenvalue weighted by Gasteiger charge is 2.29. The fourth-order valence-corrected chi connectivity index (χ4v) is 4.32. The first-order valence-electron chi connectivity index (χ1n) is 9.86. The highest BCUT2D eigenvalue weighted by atomic mass is 15.2. The molecule has 28 heavy (non-hydrogen) atoms. The second-order valence-corrected chi connectivity index (χ2v) is 7.75. The third kappa shape index (κ3) is 2.96. The normalized spacial score (nSPS) is 18.5. The molecule has 1 aliphatic rings. The van der Waals surface area contributed by atoms with Crippen molar-refractivity contribution < 1.29 is 0 Å². The number of aryl methyl sites for hydroxylation is 2. The lowest BCUT2D eigenvalue weighted by atomic mass is 9.89. The SMILES string of the molecule is Cc1cccc(C2Nc3ccc4ccccc4c3C(c3cccc(C)c3)N2)c1. The molecule has 0 amide bonds. The molecule has 0 fully saturated rings. The molecule has 1 heterocycles. The van der Waals surface area contributed by atoms with E-state index in [4.69, 9.17) is 0 Å². The maximum Gasteiger partial charge on any atom is 0.104 e. The number of anilines is 1. The van der Waals surface area contributed by atoms with Crippen LogP contribution in [0.5, 0.6) is 0 Å². The van der Waals surface area contributed by atoms with Gasteiger partial charge in [-0.1, -0.05) is 90.0 Å². The average molecular weight is 364 g/mol. The Morgan fingerprint density at radius 1 is 0.679 bits per heavy atom. The van der Waals surface area contributed by atoms with Gasteiger partial charge >= 0.3 is 0 Å². The Labute approximate surface area is 166 Å². The number of nitrogens with one attached hydrogen (secondary N) is 2. The topological polar surface area (TPSA) is 24.1 Å². The Balaban J connectivity index is 1.70. The van der Waals surface area contributed by atoms with E-state index in [0.717, 1.165) is 0 Å². The molecule has 2 N–H and O–H groups in total. The summed E-state index contributed by atoms with van der Waals surface area (Å²) in [6.45, 7) is 4.30. The van der Waals surface area contributed by atoms with Crippen LogP contribution in [0.2, 0.25) is 0 Å². The molecular formula is C26H24N2. The number of benzene rings is 4. The summed E-state index contributed by atoms with van der Waals surface area (Å²) in [5.74, 6) is 0. The summed E-state index contributed by atoms with van der Waals surface area (Å²) in [5.41, 5.74) is 7.65. The predicted octanol–water partition coefficient (Wildman–Crippen LogP) is 6.26. The van der Waals surface area contributed by atoms with E-state index in [0.29, 0.717) is 0 Å². The molecule has 2 heteroatoms. The highest BCUT2D eigenvalue weighted by Crippen LogP contribution is 2.41. The average Bonchev–Trinajstić information content (AvgIpc) is 2.73. The van der Waals surface area contributed by atoms with Crippen molar-refractivity contribution >= 4 is 16.5 Å². The molecule has 4 aromatic carbocycles. The quantitative estimate of drug-likeness (QED) is 0.439. The van der Waals surface area contributed by atoms with Gasteiger partial charge in [0.1, 0.15) is 6.17 Å². The Morgan fingerprint density at radius 3 is 2.18 bits per heavy atom. The molecule has 2 nitrogen and oxygen atoms in total. The van der Waals surface area contributed by atoms with Crippen molar-refractivity contribution in [3.63, 3.8) is 0 Å². The Hall–Kier alpha value is -3.10. The number of hydrogen-bond donors (Lipinski definition) is 2. The third-order valence-corrected chi connectivity index (χ3v) is 5.64. The molecule has 0 spiro atoms. The Kier molecular flexibility index (Phi) is 4.14. The summed E-state index contributed by atoms with van der Waals surface area (Å²) in [5, 5.41) is 10.2. The van der Waals surface area contributed by atoms with Crippen LogP contribution in [0.4, 0.5) is 5.69 Å². The van der Waals surface area contributed by atoms with Gasteiger partial charge in [0.15, 0.2) is 0 Å². The van der Waals surface area contributed by atoms with Gasteiger partial charge in [-0.3, -0.25) is 5.32 Å². The van der Waals surface area contributed by atoms with Gasteiger partial charge in [-0.15, -0.1) is 0 Å². The van der Waals surface area contributed by atoms with E-state index < -0.39 is 0 Å². The summed E-state index contributed by atoms with van der Waals surface area (Å²) in [7, 11) is 0. The maximum absolute atomic E-state index is 3.88. The fraction of sp³-hybridized carbons (Fsp3) is 0.154. The third-order valence-electron chi connectivity index (χ3n) is 5.64. The van der Waals surface area contributed by atoms with Crippen molar-refractivity contribution in [3.8, 4) is 0 Å². The number of fused-ring (bicyclic) bond motifs is 3. The van der Waals surface area contributed by atoms with Crippen LogP contribution in [-0.4, -0.2) is 0 Å². The van der Waals surface area contributed by atoms with Crippen LogP contribution in [0.1, 0.15) is 40.0 Å². The summed E-state index contributed by atoms with van der Waals surface area (Å²) in [6, 6.07) is 30.8. The minimum atomic E-state index is 0.0686. The zero-order valence-electron chi connectivity index (χ0n) is 16.2. The fourth-order valence-electron chi connectivity index (χ4n) is 4.32. The lowest BCUT2D eigenvalue weighted by Gasteiger charge is -2.36. The van der Waals surface area contributed by atoms with Gasteiger partial charge < -0.3 is 5.32 Å². The summed E-state index contributed by atoms with van der Waals surface area (Å²) in [6.07, 6.45) is 0.0686. The first kappa shape index (κ1) is 17.0. The van der Waals surface area contributed by atoms with Crippen LogP contribution in [0, 0.1) is 13.8 Å². The van der Waals surface area contributed by atoms with Crippen molar-refractivity contribution in [3.05, 3.63) is 113 Å². The van der Waals surface area contributed by atoms with Gasteiger partial charge in [-0.05, 0) is 41.8 Å². The van der Waals surface area contributed by atoms with Crippen molar-refractivity contribution in [1.82, 2.24) is 5.32 Å². The minimum Gasteiger partial charge on any atom is -0.366 e. The van der Waals surface area contributed by atoms with E-state index in [1.807, 2.05) is 0 Å². The lowest BCUT2D eigenvalue weighted by Crippen LogP contribution is -2.37. The molecule has 5 rings (SSSR count). The molecule has 2 unspecified atom stereocenters. The monoisotopic (exact) mass is 364 g/mol. The number of rotatable bonds is 2. The molecule has 138 valence electrons. The van der Waals surface area contributed by atoms with Crippen LogP contribution in [0.25, 0.3) is 10.8 Å². The second-order valence-electron chi connectivity index (χ2n) is 7.75. The van der Waals surface area contributed by atoms with E-state index in [2.05, 4.69) is 109 Å². The zero-order valence-corrected chi connectivity index (χ0v) is 16.2. The molecule has 0 radical (unpaired) electrons. The van der Waals surface area contributed by atoms with E-state index in [1.165, 1.54) is 44.3 Å². The molecule has 0 saturated heterocycles. The zero-order chi connectivity index (χ0) is 19.1. The van der Waals surface area contributed by atoms with E-state index >= 15 is 0 Å². The van der Waals surface area contributed by atoms with Crippen LogP contribution in [0.15, 0.2) is 84.9 Å². The first-order chi connectivity index (χ1) is 13.7. The molecule has 0 aliphatic carbocycles. The van der Waals surface area contributed by atoms with Crippen molar-refractivity contribution in [2.24, 2.45) is 0 Å². The predicted molar refractivity (Wildman–Crippen MR) is 118 cm³/mol. The Bertz CT molecular complexity index is 1160. The van der Waals surface area contributed by atoms with E-state index in [9.17, 15) is 0 Å². The lowest BCUT2D eigenvalue weighted by molar-refractivity contribution is 0.508. The summed E-state index contributed by atoms with van der Waals surface area (Å²) < 4.78 is 0. The van der Waals surface area contributed by atoms with Crippen LogP contribution >= 0.6 is 0 Å². The number of hydrogen-bond acceptors (Lipinski definition) is 2. The molecule has 4 aromatic rings. The van der Waals surface area contributed by atoms with Gasteiger partial charge in [0.25, 0.3) is 0 Å². The van der Waals surface area contributed by atoms with E-state index in [-0.39, 0.29) is 12.2 Å². The molecular weight excluding hydrogens is 340 g/mol. The molecule has 2 atom stereocenters. The van der Waals surface area contributed by atoms with Crippen molar-refractivity contribution in [2.45, 2.75) is 26.1 Å². The van der Waals surface area contributed by atoms with E-state index in [1.54, 1.807) is 0 Å². The van der Waals surface area contributed by atoms with Crippen LogP contribution in [0.3, 0.4) is 0 Å². The van der Waals surface area contributed by atoms with Crippen LogP contribution < -0.4 is 10.6 Å². The molecule has 0 aromatic heterocycles. The minimum absolute atomic E-state index is 0.0686. The molecule has 1 aliphatic heterocycles. The van der Waals surface area contributed by atoms with Gasteiger partial charge in [0.05, 0.1) is 6.04 Å². The smallest absolute Gasteiger partial charge is 0.104 e. The largest absolute Gasteiger partial charge is 0.366 e. The first-order valence-corrected chi connectivity index (χ1v) is 9.86. The molecule has 0 saturated carbocycles. The van der Waals surface area contributed by atoms with Crippen molar-refractivity contribution in [2.75, 3.05) is 5.32 Å². The summed E-state index contributed by atoms with van der Waals surface area (Å²) in [4.78, 5) is 0. The van der Waals surface area contributed by atoms with Gasteiger partial charge in [0.2, 0.25) is 0 Å². The van der Waals surface area contributed by atoms with Crippen LogP contribution in [-0.2, 0) is 0 Å². The highest BCUT2D eigenvalue weighted by molar-refractivity contribution is 5.91. The standard InChI is InChI=1S/C26H24N2/c1-17-7-5-10-20(15-17)25-24-22-12-4-3-9-19(22)13-14-23(24)27-26(28-25)21-11-6-8-18(2)16-21/h3-16,25-28H,1-2H3. The van der Waals surface area contributed by atoms with Gasteiger partial charge in [-0.25, -0.2) is 0 Å². The summed E-state index contributed by atoms with van der Waals surface area (Å²) >= 11 is 0. The van der Waals surface area contributed by atoms with Gasteiger partial charge in [0, 0.05) is 11.3 Å². The Morgan fingerprint density at radius 2 is 1.39 bits per heavy atom. The van der Waals surface area contributed by atoms with Gasteiger partial charge in [-0.2, -0.15) is 0 Å². The molecule has 0 bridgehead atoms. The maximum atomic E-state index is 3.88. The van der Waals surface area contributed by atoms with Crippen molar-refractivity contribution in [1.29, 1.82) is 0 Å². The second kappa shape index (κ2) is 6.81.